The lowest BCUT2D eigenvalue weighted by Crippen LogP contribution is -2.39. The van der Waals surface area contributed by atoms with E-state index in [1.54, 1.807) is 0 Å². The van der Waals surface area contributed by atoms with Crippen molar-refractivity contribution < 1.29 is 14.3 Å². The first kappa shape index (κ1) is 13.6. The second kappa shape index (κ2) is 4.37. The fourth-order valence-corrected chi connectivity index (χ4v) is 3.35. The standard InChI is InChI=1S/C15H24O3/c1-10(17-11(2)16)6-7-12-14(3,4)9-8-13-15(12,5)18-13/h6-7,10,12-13H,8-9H2,1-5H3/t10-,12-,13+,15-/m0/s1. The number of carbonyl (C=O) groups is 1. The minimum Gasteiger partial charge on any atom is -0.459 e. The summed E-state index contributed by atoms with van der Waals surface area (Å²) in [6, 6.07) is 0. The molecule has 0 radical (unpaired) electrons. The van der Waals surface area contributed by atoms with E-state index in [9.17, 15) is 4.79 Å². The highest BCUT2D eigenvalue weighted by Gasteiger charge is 2.63. The smallest absolute Gasteiger partial charge is 0.303 e. The quantitative estimate of drug-likeness (QED) is 0.440. The van der Waals surface area contributed by atoms with Crippen molar-refractivity contribution >= 4 is 5.97 Å². The number of esters is 1. The molecule has 1 heterocycles. The average Bonchev–Trinajstić information content (AvgIpc) is 2.86. The van der Waals surface area contributed by atoms with E-state index in [1.165, 1.54) is 13.3 Å². The predicted octanol–water partition coefficient (Wildman–Crippen LogP) is 3.09. The zero-order valence-corrected chi connectivity index (χ0v) is 12.0. The van der Waals surface area contributed by atoms with Crippen molar-refractivity contribution in [2.75, 3.05) is 0 Å². The lowest BCUT2D eigenvalue weighted by molar-refractivity contribution is -0.143. The Hall–Kier alpha value is -0.830. The van der Waals surface area contributed by atoms with Crippen LogP contribution in [-0.2, 0) is 14.3 Å². The number of ether oxygens (including phenoxy) is 2. The molecule has 0 N–H and O–H groups in total. The van der Waals surface area contributed by atoms with Crippen molar-refractivity contribution in [2.45, 2.75) is 65.3 Å². The lowest BCUT2D eigenvalue weighted by Gasteiger charge is -2.38. The molecular weight excluding hydrogens is 228 g/mol. The van der Waals surface area contributed by atoms with Gasteiger partial charge in [-0.25, -0.2) is 0 Å². The van der Waals surface area contributed by atoms with Crippen LogP contribution in [0.2, 0.25) is 0 Å². The molecule has 0 aromatic heterocycles. The van der Waals surface area contributed by atoms with Crippen LogP contribution in [0.25, 0.3) is 0 Å². The first-order valence-electron chi connectivity index (χ1n) is 6.79. The van der Waals surface area contributed by atoms with Crippen LogP contribution in [0.5, 0.6) is 0 Å². The summed E-state index contributed by atoms with van der Waals surface area (Å²) in [5.74, 6) is 0.156. The molecule has 2 rings (SSSR count). The van der Waals surface area contributed by atoms with Gasteiger partial charge < -0.3 is 9.47 Å². The van der Waals surface area contributed by atoms with Gasteiger partial charge in [0.2, 0.25) is 0 Å². The number of rotatable bonds is 3. The Balaban J connectivity index is 2.06. The molecule has 4 atom stereocenters. The monoisotopic (exact) mass is 252 g/mol. The minimum absolute atomic E-state index is 0.00576. The number of hydrogen-bond donors (Lipinski definition) is 0. The highest BCUT2D eigenvalue weighted by molar-refractivity contribution is 5.66. The molecule has 1 aliphatic carbocycles. The molecule has 0 spiro atoms. The van der Waals surface area contributed by atoms with Crippen LogP contribution < -0.4 is 0 Å². The van der Waals surface area contributed by atoms with Crippen LogP contribution in [0.3, 0.4) is 0 Å². The van der Waals surface area contributed by atoms with Crippen molar-refractivity contribution in [3.05, 3.63) is 12.2 Å². The summed E-state index contributed by atoms with van der Waals surface area (Å²) < 4.78 is 11.0. The molecule has 0 aromatic carbocycles. The third-order valence-electron chi connectivity index (χ3n) is 4.42. The van der Waals surface area contributed by atoms with Gasteiger partial charge in [0, 0.05) is 12.8 Å². The predicted molar refractivity (Wildman–Crippen MR) is 70.2 cm³/mol. The van der Waals surface area contributed by atoms with Crippen molar-refractivity contribution in [1.29, 1.82) is 0 Å². The van der Waals surface area contributed by atoms with E-state index in [0.29, 0.717) is 12.0 Å². The second-order valence-corrected chi connectivity index (χ2v) is 6.49. The maximum Gasteiger partial charge on any atom is 0.303 e. The molecule has 102 valence electrons. The Labute approximate surface area is 110 Å². The topological polar surface area (TPSA) is 38.8 Å². The lowest BCUT2D eigenvalue weighted by atomic mass is 9.64. The number of fused-ring (bicyclic) bond motifs is 1. The van der Waals surface area contributed by atoms with E-state index in [1.807, 2.05) is 13.0 Å². The second-order valence-electron chi connectivity index (χ2n) is 6.49. The van der Waals surface area contributed by atoms with Gasteiger partial charge in [0.25, 0.3) is 0 Å². The zero-order chi connectivity index (χ0) is 13.6. The summed E-state index contributed by atoms with van der Waals surface area (Å²) in [7, 11) is 0. The van der Waals surface area contributed by atoms with Crippen molar-refractivity contribution in [1.82, 2.24) is 0 Å². The zero-order valence-electron chi connectivity index (χ0n) is 12.0. The summed E-state index contributed by atoms with van der Waals surface area (Å²) >= 11 is 0. The Morgan fingerprint density at radius 2 is 2.11 bits per heavy atom. The van der Waals surface area contributed by atoms with E-state index in [2.05, 4.69) is 26.8 Å². The Kier molecular flexibility index (Phi) is 3.30. The first-order chi connectivity index (χ1) is 8.25. The normalized spacial score (nSPS) is 39.2. The molecule has 0 bridgehead atoms. The molecule has 3 heteroatoms. The largest absolute Gasteiger partial charge is 0.459 e. The van der Waals surface area contributed by atoms with Crippen LogP contribution in [0, 0.1) is 11.3 Å². The molecule has 2 aliphatic rings. The van der Waals surface area contributed by atoms with Gasteiger partial charge in [-0.05, 0) is 38.2 Å². The Bertz CT molecular complexity index is 367. The number of epoxide rings is 1. The average molecular weight is 252 g/mol. The molecule has 0 unspecified atom stereocenters. The molecule has 1 aliphatic heterocycles. The van der Waals surface area contributed by atoms with Gasteiger partial charge in [-0.2, -0.15) is 0 Å². The summed E-state index contributed by atoms with van der Waals surface area (Å²) in [5.41, 5.74) is 0.238. The molecular formula is C15H24O3. The van der Waals surface area contributed by atoms with Gasteiger partial charge in [0.1, 0.15) is 6.10 Å². The molecule has 0 amide bonds. The highest BCUT2D eigenvalue weighted by atomic mass is 16.6. The minimum atomic E-state index is -0.234. The molecule has 0 aromatic rings. The van der Waals surface area contributed by atoms with Gasteiger partial charge in [0.15, 0.2) is 0 Å². The fourth-order valence-electron chi connectivity index (χ4n) is 3.35. The van der Waals surface area contributed by atoms with E-state index in [0.717, 1.165) is 6.42 Å². The molecule has 2 fully saturated rings. The van der Waals surface area contributed by atoms with Gasteiger partial charge in [-0.3, -0.25) is 4.79 Å². The van der Waals surface area contributed by atoms with E-state index in [4.69, 9.17) is 9.47 Å². The van der Waals surface area contributed by atoms with Crippen LogP contribution in [0.4, 0.5) is 0 Å². The number of carbonyl (C=O) groups excluding carboxylic acids is 1. The maximum absolute atomic E-state index is 10.9. The van der Waals surface area contributed by atoms with Crippen molar-refractivity contribution in [2.24, 2.45) is 11.3 Å². The molecule has 18 heavy (non-hydrogen) atoms. The molecule has 3 nitrogen and oxygen atoms in total. The Morgan fingerprint density at radius 1 is 1.44 bits per heavy atom. The fraction of sp³-hybridized carbons (Fsp3) is 0.800. The summed E-state index contributed by atoms with van der Waals surface area (Å²) in [5, 5.41) is 0. The summed E-state index contributed by atoms with van der Waals surface area (Å²) in [6.45, 7) is 10.1. The van der Waals surface area contributed by atoms with Gasteiger partial charge >= 0.3 is 5.97 Å². The van der Waals surface area contributed by atoms with Gasteiger partial charge in [-0.15, -0.1) is 0 Å². The maximum atomic E-state index is 10.9. The van der Waals surface area contributed by atoms with E-state index < -0.39 is 0 Å². The molecule has 1 saturated carbocycles. The van der Waals surface area contributed by atoms with Gasteiger partial charge in [-0.1, -0.05) is 19.9 Å². The molecule has 1 saturated heterocycles. The third-order valence-corrected chi connectivity index (χ3v) is 4.42. The van der Waals surface area contributed by atoms with E-state index >= 15 is 0 Å². The summed E-state index contributed by atoms with van der Waals surface area (Å²) in [6.07, 6.45) is 6.78. The number of hydrogen-bond acceptors (Lipinski definition) is 3. The highest BCUT2D eigenvalue weighted by Crippen LogP contribution is 2.58. The SMILES string of the molecule is CC(=O)O[C@@H](C)C=C[C@H]1C(C)(C)CC[C@H]2O[C@]21C. The van der Waals surface area contributed by atoms with Crippen LogP contribution >= 0.6 is 0 Å². The van der Waals surface area contributed by atoms with Crippen molar-refractivity contribution in [3.8, 4) is 0 Å². The van der Waals surface area contributed by atoms with Crippen LogP contribution in [0.1, 0.15) is 47.5 Å². The Morgan fingerprint density at radius 3 is 2.72 bits per heavy atom. The van der Waals surface area contributed by atoms with Crippen LogP contribution in [-0.4, -0.2) is 23.8 Å². The van der Waals surface area contributed by atoms with Crippen LogP contribution in [0.15, 0.2) is 12.2 Å². The first-order valence-corrected chi connectivity index (χ1v) is 6.79. The van der Waals surface area contributed by atoms with E-state index in [-0.39, 0.29) is 23.1 Å². The third kappa shape index (κ3) is 2.46. The van der Waals surface area contributed by atoms with Crippen molar-refractivity contribution in [3.63, 3.8) is 0 Å². The summed E-state index contributed by atoms with van der Waals surface area (Å²) in [4.78, 5) is 10.9. The van der Waals surface area contributed by atoms with Gasteiger partial charge in [0.05, 0.1) is 11.7 Å².